The third-order valence-corrected chi connectivity index (χ3v) is 4.08. The van der Waals surface area contributed by atoms with E-state index in [1.165, 1.54) is 24.6 Å². The van der Waals surface area contributed by atoms with Gasteiger partial charge in [-0.25, -0.2) is 14.8 Å². The molecule has 0 atom stereocenters. The predicted molar refractivity (Wildman–Crippen MR) is 101 cm³/mol. The summed E-state index contributed by atoms with van der Waals surface area (Å²) < 4.78 is 44.1. The molecule has 0 bridgehead atoms. The van der Waals surface area contributed by atoms with E-state index in [4.69, 9.17) is 4.42 Å². The van der Waals surface area contributed by atoms with E-state index in [2.05, 4.69) is 25.3 Å². The first-order valence-electron chi connectivity index (χ1n) is 8.49. The number of para-hydroxylation sites is 1. The Morgan fingerprint density at radius 3 is 2.73 bits per heavy atom. The third kappa shape index (κ3) is 3.85. The number of nitrogens with one attached hydrogen (secondary N) is 3. The van der Waals surface area contributed by atoms with Crippen molar-refractivity contribution in [1.82, 2.24) is 19.9 Å². The molecule has 0 radical (unpaired) electrons. The van der Waals surface area contributed by atoms with Gasteiger partial charge in [0.05, 0.1) is 22.9 Å². The number of carbonyl (C=O) groups excluding carboxylic acids is 1. The summed E-state index contributed by atoms with van der Waals surface area (Å²) in [5.41, 5.74) is -0.196. The van der Waals surface area contributed by atoms with E-state index in [0.29, 0.717) is 16.7 Å². The molecule has 0 aliphatic heterocycles. The smallest absolute Gasteiger partial charge is 0.433 e. The van der Waals surface area contributed by atoms with Gasteiger partial charge in [0.1, 0.15) is 17.7 Å². The van der Waals surface area contributed by atoms with Crippen molar-refractivity contribution in [2.75, 3.05) is 5.32 Å². The summed E-state index contributed by atoms with van der Waals surface area (Å²) in [5, 5.41) is 2.60. The second-order valence-electron chi connectivity index (χ2n) is 6.10. The third-order valence-electron chi connectivity index (χ3n) is 4.08. The minimum atomic E-state index is -4.65. The van der Waals surface area contributed by atoms with Crippen LogP contribution >= 0.6 is 0 Å². The second-order valence-corrected chi connectivity index (χ2v) is 6.10. The molecule has 1 amide bonds. The monoisotopic (exact) mass is 415 g/mol. The van der Waals surface area contributed by atoms with Crippen molar-refractivity contribution in [2.45, 2.75) is 6.18 Å². The highest BCUT2D eigenvalue weighted by atomic mass is 19.4. The number of aromatic amines is 2. The molecule has 3 N–H and O–H groups in total. The molecular weight excluding hydrogens is 403 g/mol. The maximum atomic E-state index is 13.0. The molecule has 4 rings (SSSR count). The zero-order valence-electron chi connectivity index (χ0n) is 14.9. The number of halogens is 3. The number of nitrogens with zero attached hydrogens (tertiary/aromatic N) is 2. The van der Waals surface area contributed by atoms with E-state index in [1.54, 1.807) is 18.2 Å². The number of fused-ring (bicyclic) bond motifs is 1. The topological polar surface area (TPSA) is 117 Å². The number of carbonyl (C=O) groups is 1. The van der Waals surface area contributed by atoms with Crippen molar-refractivity contribution in [1.29, 1.82) is 0 Å². The van der Waals surface area contributed by atoms with Gasteiger partial charge in [-0.1, -0.05) is 12.1 Å². The molecule has 0 saturated carbocycles. The molecular formula is C19H12F3N5O3. The summed E-state index contributed by atoms with van der Waals surface area (Å²) in [7, 11) is 0. The number of imidazole rings is 1. The Balaban J connectivity index is 1.63. The number of aromatic nitrogens is 4. The average Bonchev–Trinajstić information content (AvgIpc) is 3.35. The molecule has 4 aromatic rings. The van der Waals surface area contributed by atoms with E-state index in [9.17, 15) is 22.8 Å². The van der Waals surface area contributed by atoms with Gasteiger partial charge in [0.15, 0.2) is 0 Å². The molecule has 3 aromatic heterocycles. The maximum Gasteiger partial charge on any atom is 0.433 e. The Hall–Kier alpha value is -4.15. The molecule has 0 unspecified atom stereocenters. The van der Waals surface area contributed by atoms with Crippen molar-refractivity contribution in [3.05, 3.63) is 70.6 Å². The highest BCUT2D eigenvalue weighted by molar-refractivity contribution is 6.06. The zero-order chi connectivity index (χ0) is 21.3. The first-order valence-corrected chi connectivity index (χ1v) is 8.49. The van der Waals surface area contributed by atoms with Crippen LogP contribution in [0.1, 0.15) is 11.3 Å². The lowest BCUT2D eigenvalue weighted by atomic mass is 10.1. The molecule has 0 aliphatic carbocycles. The van der Waals surface area contributed by atoms with Crippen LogP contribution in [-0.2, 0) is 11.0 Å². The van der Waals surface area contributed by atoms with Crippen molar-refractivity contribution in [2.24, 2.45) is 0 Å². The molecule has 8 nitrogen and oxygen atoms in total. The SMILES string of the molecule is O=C(/C=C/c1ccc(C(F)(F)F)nc1-c1ncco1)Nc1cccc2[nH]c(=O)[nH]c12. The summed E-state index contributed by atoms with van der Waals surface area (Å²) in [4.78, 5) is 36.3. The van der Waals surface area contributed by atoms with Crippen LogP contribution in [0, 0.1) is 0 Å². The number of hydrogen-bond donors (Lipinski definition) is 3. The maximum absolute atomic E-state index is 13.0. The Morgan fingerprint density at radius 1 is 1.17 bits per heavy atom. The fourth-order valence-corrected chi connectivity index (χ4v) is 2.78. The first-order chi connectivity index (χ1) is 14.3. The van der Waals surface area contributed by atoms with E-state index < -0.39 is 23.5 Å². The number of rotatable bonds is 4. The number of anilines is 1. The van der Waals surface area contributed by atoms with Crippen LogP contribution in [0.15, 0.2) is 58.1 Å². The number of hydrogen-bond acceptors (Lipinski definition) is 5. The molecule has 0 spiro atoms. The Morgan fingerprint density at radius 2 is 2.00 bits per heavy atom. The quantitative estimate of drug-likeness (QED) is 0.441. The summed E-state index contributed by atoms with van der Waals surface area (Å²) in [6.07, 6.45) is 0.251. The number of benzene rings is 1. The lowest BCUT2D eigenvalue weighted by Gasteiger charge is -2.09. The van der Waals surface area contributed by atoms with Gasteiger partial charge >= 0.3 is 11.9 Å². The van der Waals surface area contributed by atoms with Crippen LogP contribution < -0.4 is 11.0 Å². The van der Waals surface area contributed by atoms with Crippen LogP contribution in [0.4, 0.5) is 18.9 Å². The zero-order valence-corrected chi connectivity index (χ0v) is 14.9. The van der Waals surface area contributed by atoms with Crippen LogP contribution in [0.2, 0.25) is 0 Å². The molecule has 0 aliphatic rings. The molecule has 3 heterocycles. The number of pyridine rings is 1. The molecule has 11 heteroatoms. The fourth-order valence-electron chi connectivity index (χ4n) is 2.78. The van der Waals surface area contributed by atoms with Gasteiger partial charge < -0.3 is 19.7 Å². The predicted octanol–water partition coefficient (Wildman–Crippen LogP) is 3.58. The average molecular weight is 415 g/mol. The van der Waals surface area contributed by atoms with Gasteiger partial charge in [-0.15, -0.1) is 0 Å². The van der Waals surface area contributed by atoms with Crippen LogP contribution in [0.3, 0.4) is 0 Å². The minimum Gasteiger partial charge on any atom is -0.443 e. The Labute approximate surface area is 165 Å². The van der Waals surface area contributed by atoms with Crippen molar-refractivity contribution in [3.63, 3.8) is 0 Å². The van der Waals surface area contributed by atoms with E-state index in [-0.39, 0.29) is 17.1 Å². The highest BCUT2D eigenvalue weighted by Gasteiger charge is 2.33. The second kappa shape index (κ2) is 7.35. The highest BCUT2D eigenvalue weighted by Crippen LogP contribution is 2.31. The Bertz CT molecular complexity index is 1300. The lowest BCUT2D eigenvalue weighted by Crippen LogP contribution is -2.10. The number of H-pyrrole nitrogens is 2. The van der Waals surface area contributed by atoms with Gasteiger partial charge in [0.25, 0.3) is 0 Å². The van der Waals surface area contributed by atoms with E-state index in [1.807, 2.05) is 0 Å². The van der Waals surface area contributed by atoms with Crippen LogP contribution in [0.25, 0.3) is 28.7 Å². The van der Waals surface area contributed by atoms with Crippen LogP contribution in [0.5, 0.6) is 0 Å². The normalized spacial score (nSPS) is 12.0. The van der Waals surface area contributed by atoms with Crippen molar-refractivity contribution >= 4 is 28.7 Å². The summed E-state index contributed by atoms with van der Waals surface area (Å²) >= 11 is 0. The molecule has 0 fully saturated rings. The van der Waals surface area contributed by atoms with Gasteiger partial charge in [0, 0.05) is 11.6 Å². The van der Waals surface area contributed by atoms with E-state index in [0.717, 1.165) is 12.1 Å². The van der Waals surface area contributed by atoms with Gasteiger partial charge in [0.2, 0.25) is 11.8 Å². The van der Waals surface area contributed by atoms with Gasteiger partial charge in [-0.2, -0.15) is 13.2 Å². The minimum absolute atomic E-state index is 0.115. The molecule has 1 aromatic carbocycles. The largest absolute Gasteiger partial charge is 0.443 e. The van der Waals surface area contributed by atoms with Gasteiger partial charge in [-0.3, -0.25) is 4.79 Å². The lowest BCUT2D eigenvalue weighted by molar-refractivity contribution is -0.141. The summed E-state index contributed by atoms with van der Waals surface area (Å²) in [6, 6.07) is 6.87. The molecule has 0 saturated heterocycles. The van der Waals surface area contributed by atoms with E-state index >= 15 is 0 Å². The number of amides is 1. The summed E-state index contributed by atoms with van der Waals surface area (Å²) in [5.74, 6) is -0.682. The van der Waals surface area contributed by atoms with Gasteiger partial charge in [-0.05, 0) is 24.3 Å². The van der Waals surface area contributed by atoms with Crippen LogP contribution in [-0.4, -0.2) is 25.8 Å². The molecule has 152 valence electrons. The Kier molecular flexibility index (Phi) is 4.70. The number of oxazole rings is 1. The fraction of sp³-hybridized carbons (Fsp3) is 0.0526. The summed E-state index contributed by atoms with van der Waals surface area (Å²) in [6.45, 7) is 0. The standard InChI is InChI=1S/C19H12F3N5O3/c20-19(21,22)13-6-4-10(15(26-13)17-23-8-9-30-17)5-7-14(28)24-11-2-1-3-12-16(11)27-18(29)25-12/h1-9H,(H,24,28)(H2,25,27,29)/b7-5+. The van der Waals surface area contributed by atoms with Crippen molar-refractivity contribution in [3.8, 4) is 11.6 Å². The van der Waals surface area contributed by atoms with Crippen molar-refractivity contribution < 1.29 is 22.4 Å². The molecule has 30 heavy (non-hydrogen) atoms. The number of alkyl halides is 3. The first kappa shape index (κ1) is 19.2.